The summed E-state index contributed by atoms with van der Waals surface area (Å²) in [6, 6.07) is 0. The molecule has 0 spiro atoms. The second-order valence-electron chi connectivity index (χ2n) is 5.52. The van der Waals surface area contributed by atoms with Gasteiger partial charge >= 0.3 is 5.97 Å². The lowest BCUT2D eigenvalue weighted by Gasteiger charge is -2.40. The molecule has 7 heteroatoms. The molecule has 0 bridgehead atoms. The highest BCUT2D eigenvalue weighted by molar-refractivity contribution is 5.85. The van der Waals surface area contributed by atoms with Crippen molar-refractivity contribution in [2.75, 3.05) is 7.11 Å². The number of carboxylic acids is 1. The average Bonchev–Trinajstić information content (AvgIpc) is 2.90. The van der Waals surface area contributed by atoms with Crippen LogP contribution in [0.25, 0.3) is 0 Å². The van der Waals surface area contributed by atoms with Crippen LogP contribution in [-0.2, 0) is 15.1 Å². The Hall–Kier alpha value is -1.89. The molecular weight excluding hydrogens is 274 g/mol. The number of aromatic nitrogens is 2. The van der Waals surface area contributed by atoms with Gasteiger partial charge < -0.3 is 20.1 Å². The van der Waals surface area contributed by atoms with E-state index in [9.17, 15) is 9.59 Å². The van der Waals surface area contributed by atoms with E-state index in [-0.39, 0.29) is 17.7 Å². The highest BCUT2D eigenvalue weighted by atomic mass is 16.5. The number of carbonyl (C=O) groups excluding carboxylic acids is 1. The summed E-state index contributed by atoms with van der Waals surface area (Å²) in [6.07, 6.45) is 4.88. The highest BCUT2D eigenvalue weighted by Gasteiger charge is 2.42. The first-order chi connectivity index (χ1) is 9.97. The molecule has 1 amide bonds. The third kappa shape index (κ3) is 3.41. The van der Waals surface area contributed by atoms with Gasteiger partial charge in [0.15, 0.2) is 0 Å². The number of nitrogens with zero attached hydrogens (tertiary/aromatic N) is 1. The zero-order valence-electron chi connectivity index (χ0n) is 12.3. The van der Waals surface area contributed by atoms with Gasteiger partial charge in [-0.2, -0.15) is 0 Å². The Labute approximate surface area is 123 Å². The molecule has 1 aromatic heterocycles. The van der Waals surface area contributed by atoms with Crippen molar-refractivity contribution in [1.82, 2.24) is 15.3 Å². The van der Waals surface area contributed by atoms with Crippen molar-refractivity contribution in [3.05, 3.63) is 17.7 Å². The maximum absolute atomic E-state index is 12.1. The number of hydrogen-bond acceptors (Lipinski definition) is 4. The number of carboxylic acid groups (broad SMARTS) is 1. The molecule has 3 N–H and O–H groups in total. The standard InChI is InChI=1S/C14H21N3O4/c1-9(21-2)4-5-11(18)17-14(6-3-7-14)13-15-8-10(16-13)12(19)20/h8-9H,3-7H2,1-2H3,(H,15,16)(H,17,18)(H,19,20). The van der Waals surface area contributed by atoms with E-state index < -0.39 is 11.5 Å². The second kappa shape index (κ2) is 6.26. The van der Waals surface area contributed by atoms with Gasteiger partial charge in [0.1, 0.15) is 11.5 Å². The maximum Gasteiger partial charge on any atom is 0.353 e. The molecule has 0 aromatic carbocycles. The van der Waals surface area contributed by atoms with Gasteiger partial charge in [0, 0.05) is 13.5 Å². The van der Waals surface area contributed by atoms with Gasteiger partial charge in [0.2, 0.25) is 5.91 Å². The second-order valence-corrected chi connectivity index (χ2v) is 5.52. The van der Waals surface area contributed by atoms with E-state index in [1.807, 2.05) is 6.92 Å². The summed E-state index contributed by atoms with van der Waals surface area (Å²) in [4.78, 5) is 29.9. The molecule has 1 aliphatic carbocycles. The number of nitrogens with one attached hydrogen (secondary N) is 2. The molecule has 7 nitrogen and oxygen atoms in total. The van der Waals surface area contributed by atoms with Crippen LogP contribution in [0.15, 0.2) is 6.20 Å². The number of aromatic carboxylic acids is 1. The molecule has 0 aliphatic heterocycles. The maximum atomic E-state index is 12.1. The molecular formula is C14H21N3O4. The third-order valence-electron chi connectivity index (χ3n) is 4.03. The first-order valence-corrected chi connectivity index (χ1v) is 7.09. The Morgan fingerprint density at radius 3 is 2.76 bits per heavy atom. The summed E-state index contributed by atoms with van der Waals surface area (Å²) in [5, 5.41) is 11.9. The minimum absolute atomic E-state index is 0.0373. The summed E-state index contributed by atoms with van der Waals surface area (Å²) in [7, 11) is 1.62. The van der Waals surface area contributed by atoms with E-state index in [1.165, 1.54) is 6.20 Å². The van der Waals surface area contributed by atoms with Crippen LogP contribution >= 0.6 is 0 Å². The fourth-order valence-electron chi connectivity index (χ4n) is 2.41. The van der Waals surface area contributed by atoms with Crippen LogP contribution in [0.2, 0.25) is 0 Å². The summed E-state index contributed by atoms with van der Waals surface area (Å²) in [5.41, 5.74) is -0.500. The van der Waals surface area contributed by atoms with Gasteiger partial charge in [-0.25, -0.2) is 9.78 Å². The van der Waals surface area contributed by atoms with E-state index in [1.54, 1.807) is 7.11 Å². The smallest absolute Gasteiger partial charge is 0.353 e. The molecule has 1 aliphatic rings. The zero-order chi connectivity index (χ0) is 15.5. The molecule has 2 rings (SSSR count). The SMILES string of the molecule is COC(C)CCC(=O)NC1(c2ncc(C(=O)O)[nH]2)CCC1. The fourth-order valence-corrected chi connectivity index (χ4v) is 2.41. The van der Waals surface area contributed by atoms with Gasteiger partial charge in [-0.15, -0.1) is 0 Å². The zero-order valence-corrected chi connectivity index (χ0v) is 12.3. The van der Waals surface area contributed by atoms with Crippen molar-refractivity contribution in [2.45, 2.75) is 50.7 Å². The third-order valence-corrected chi connectivity index (χ3v) is 4.03. The minimum atomic E-state index is -1.05. The molecule has 1 saturated carbocycles. The number of hydrogen-bond donors (Lipinski definition) is 3. The molecule has 1 unspecified atom stereocenters. The van der Waals surface area contributed by atoms with Crippen LogP contribution in [0, 0.1) is 0 Å². The predicted molar refractivity (Wildman–Crippen MR) is 74.9 cm³/mol. The number of rotatable bonds is 7. The number of imidazole rings is 1. The lowest BCUT2D eigenvalue weighted by molar-refractivity contribution is -0.125. The van der Waals surface area contributed by atoms with Crippen molar-refractivity contribution in [2.24, 2.45) is 0 Å². The lowest BCUT2D eigenvalue weighted by atomic mass is 9.76. The first-order valence-electron chi connectivity index (χ1n) is 7.09. The quantitative estimate of drug-likeness (QED) is 0.705. The van der Waals surface area contributed by atoms with Gasteiger partial charge in [-0.3, -0.25) is 4.79 Å². The first kappa shape index (κ1) is 15.5. The number of H-pyrrole nitrogens is 1. The Morgan fingerprint density at radius 1 is 1.57 bits per heavy atom. The topological polar surface area (TPSA) is 104 Å². The summed E-state index contributed by atoms with van der Waals surface area (Å²) < 4.78 is 5.12. The van der Waals surface area contributed by atoms with Crippen LogP contribution in [-0.4, -0.2) is 40.2 Å². The average molecular weight is 295 g/mol. The molecule has 116 valence electrons. The molecule has 1 aromatic rings. The monoisotopic (exact) mass is 295 g/mol. The fraction of sp³-hybridized carbons (Fsp3) is 0.643. The number of amides is 1. The Morgan fingerprint density at radius 2 is 2.29 bits per heavy atom. The number of aromatic amines is 1. The van der Waals surface area contributed by atoms with Crippen molar-refractivity contribution in [3.8, 4) is 0 Å². The largest absolute Gasteiger partial charge is 0.477 e. The van der Waals surface area contributed by atoms with Crippen molar-refractivity contribution >= 4 is 11.9 Å². The van der Waals surface area contributed by atoms with E-state index >= 15 is 0 Å². The van der Waals surface area contributed by atoms with Crippen molar-refractivity contribution < 1.29 is 19.4 Å². The molecule has 0 saturated heterocycles. The summed E-state index contributed by atoms with van der Waals surface area (Å²) >= 11 is 0. The Kier molecular flexibility index (Phi) is 4.62. The van der Waals surface area contributed by atoms with E-state index in [2.05, 4.69) is 15.3 Å². The Bertz CT molecular complexity index is 522. The number of ether oxygens (including phenoxy) is 1. The number of methoxy groups -OCH3 is 1. The van der Waals surface area contributed by atoms with Gasteiger partial charge in [-0.05, 0) is 32.6 Å². The van der Waals surface area contributed by atoms with Crippen molar-refractivity contribution in [1.29, 1.82) is 0 Å². The normalized spacial score (nSPS) is 17.8. The van der Waals surface area contributed by atoms with E-state index in [0.29, 0.717) is 18.7 Å². The van der Waals surface area contributed by atoms with Gasteiger partial charge in [-0.1, -0.05) is 0 Å². The Balaban J connectivity index is 2.00. The van der Waals surface area contributed by atoms with Gasteiger partial charge in [0.05, 0.1) is 17.8 Å². The molecule has 0 radical (unpaired) electrons. The van der Waals surface area contributed by atoms with Crippen LogP contribution in [0.5, 0.6) is 0 Å². The van der Waals surface area contributed by atoms with Crippen LogP contribution < -0.4 is 5.32 Å². The van der Waals surface area contributed by atoms with Crippen molar-refractivity contribution in [3.63, 3.8) is 0 Å². The van der Waals surface area contributed by atoms with E-state index in [4.69, 9.17) is 9.84 Å². The van der Waals surface area contributed by atoms with Crippen LogP contribution in [0.3, 0.4) is 0 Å². The molecule has 1 fully saturated rings. The van der Waals surface area contributed by atoms with Gasteiger partial charge in [0.25, 0.3) is 0 Å². The minimum Gasteiger partial charge on any atom is -0.477 e. The summed E-state index contributed by atoms with van der Waals surface area (Å²) in [6.45, 7) is 1.91. The summed E-state index contributed by atoms with van der Waals surface area (Å²) in [5.74, 6) is -0.588. The van der Waals surface area contributed by atoms with E-state index in [0.717, 1.165) is 19.3 Å². The molecule has 21 heavy (non-hydrogen) atoms. The molecule has 1 atom stereocenters. The lowest BCUT2D eigenvalue weighted by Crippen LogP contribution is -2.51. The predicted octanol–water partition coefficient (Wildman–Crippen LogP) is 1.42. The van der Waals surface area contributed by atoms with Crippen LogP contribution in [0.1, 0.15) is 55.3 Å². The number of carbonyl (C=O) groups is 2. The highest BCUT2D eigenvalue weighted by Crippen LogP contribution is 2.39. The van der Waals surface area contributed by atoms with Crippen LogP contribution in [0.4, 0.5) is 0 Å². The molecule has 1 heterocycles.